The first-order chi connectivity index (χ1) is 8.66. The van der Waals surface area contributed by atoms with E-state index in [-0.39, 0.29) is 6.10 Å². The van der Waals surface area contributed by atoms with Crippen molar-refractivity contribution in [2.45, 2.75) is 52.1 Å². The molecule has 0 aliphatic heterocycles. The first kappa shape index (κ1) is 13.6. The molecule has 100 valence electrons. The van der Waals surface area contributed by atoms with Gasteiger partial charge in [0.15, 0.2) is 0 Å². The molecule has 1 heteroatoms. The minimum atomic E-state index is -0.0660. The molecule has 0 spiro atoms. The second kappa shape index (κ2) is 6.38. The molecule has 0 radical (unpaired) electrons. The minimum Gasteiger partial charge on any atom is -0.393 e. The Morgan fingerprint density at radius 1 is 1.17 bits per heavy atom. The zero-order chi connectivity index (χ0) is 13.0. The van der Waals surface area contributed by atoms with Gasteiger partial charge in [0.2, 0.25) is 0 Å². The van der Waals surface area contributed by atoms with E-state index in [4.69, 9.17) is 0 Å². The first-order valence-electron chi connectivity index (χ1n) is 7.39. The predicted octanol–water partition coefficient (Wildman–Crippen LogP) is 4.05. The summed E-state index contributed by atoms with van der Waals surface area (Å²) < 4.78 is 0. The van der Waals surface area contributed by atoms with E-state index in [1.54, 1.807) is 0 Å². The highest BCUT2D eigenvalue weighted by atomic mass is 16.3. The van der Waals surface area contributed by atoms with Crippen molar-refractivity contribution in [3.63, 3.8) is 0 Å². The van der Waals surface area contributed by atoms with Crippen molar-refractivity contribution < 1.29 is 5.11 Å². The van der Waals surface area contributed by atoms with E-state index in [1.165, 1.54) is 18.4 Å². The maximum Gasteiger partial charge on any atom is 0.0568 e. The first-order valence-corrected chi connectivity index (χ1v) is 7.39. The van der Waals surface area contributed by atoms with Gasteiger partial charge in [-0.3, -0.25) is 0 Å². The maximum absolute atomic E-state index is 10.1. The van der Waals surface area contributed by atoms with E-state index in [0.717, 1.165) is 31.1 Å². The fraction of sp³-hybridized carbons (Fsp3) is 0.647. The van der Waals surface area contributed by atoms with Crippen molar-refractivity contribution in [1.29, 1.82) is 0 Å². The molecular formula is C17H26O. The molecule has 0 aromatic heterocycles. The van der Waals surface area contributed by atoms with Crippen molar-refractivity contribution in [1.82, 2.24) is 0 Å². The van der Waals surface area contributed by atoms with E-state index < -0.39 is 0 Å². The molecule has 0 amide bonds. The average molecular weight is 246 g/mol. The van der Waals surface area contributed by atoms with Crippen LogP contribution in [0.5, 0.6) is 0 Å². The van der Waals surface area contributed by atoms with Gasteiger partial charge in [-0.1, -0.05) is 44.2 Å². The van der Waals surface area contributed by atoms with Crippen LogP contribution in [0.1, 0.15) is 45.1 Å². The van der Waals surface area contributed by atoms with E-state index in [2.05, 4.69) is 44.2 Å². The Bertz CT molecular complexity index is 344. The summed E-state index contributed by atoms with van der Waals surface area (Å²) in [6.45, 7) is 4.63. The Labute approximate surface area is 111 Å². The third kappa shape index (κ3) is 3.58. The molecule has 18 heavy (non-hydrogen) atoms. The van der Waals surface area contributed by atoms with Gasteiger partial charge in [-0.2, -0.15) is 0 Å². The molecule has 0 heterocycles. The third-order valence-electron chi connectivity index (χ3n) is 4.57. The van der Waals surface area contributed by atoms with Gasteiger partial charge in [0.1, 0.15) is 0 Å². The lowest BCUT2D eigenvalue weighted by molar-refractivity contribution is 0.0338. The van der Waals surface area contributed by atoms with Crippen LogP contribution in [0, 0.1) is 17.8 Å². The highest BCUT2D eigenvalue weighted by molar-refractivity contribution is 5.14. The molecule has 1 nitrogen and oxygen atoms in total. The highest BCUT2D eigenvalue weighted by Gasteiger charge is 2.30. The number of hydrogen-bond acceptors (Lipinski definition) is 1. The molecule has 0 bridgehead atoms. The van der Waals surface area contributed by atoms with Gasteiger partial charge in [-0.05, 0) is 55.4 Å². The summed E-state index contributed by atoms with van der Waals surface area (Å²) in [5, 5.41) is 10.1. The number of aliphatic hydroxyl groups excluding tert-OH is 1. The lowest BCUT2D eigenvalue weighted by atomic mass is 9.73. The smallest absolute Gasteiger partial charge is 0.0568 e. The van der Waals surface area contributed by atoms with Crippen LogP contribution in [-0.2, 0) is 6.42 Å². The van der Waals surface area contributed by atoms with E-state index in [9.17, 15) is 5.11 Å². The molecule has 1 aromatic carbocycles. The van der Waals surface area contributed by atoms with Gasteiger partial charge in [0.25, 0.3) is 0 Å². The molecule has 2 rings (SSSR count). The highest BCUT2D eigenvalue weighted by Crippen LogP contribution is 2.36. The van der Waals surface area contributed by atoms with E-state index in [1.807, 2.05) is 0 Å². The van der Waals surface area contributed by atoms with Crippen molar-refractivity contribution in [3.05, 3.63) is 35.9 Å². The Balaban J connectivity index is 1.87. The summed E-state index contributed by atoms with van der Waals surface area (Å²) in [4.78, 5) is 0. The van der Waals surface area contributed by atoms with Gasteiger partial charge in [-0.15, -0.1) is 0 Å². The SMILES string of the molecule is CC(C)C1CCC(O)C(CCc2ccccc2)C1. The summed E-state index contributed by atoms with van der Waals surface area (Å²) in [5.41, 5.74) is 1.40. The quantitative estimate of drug-likeness (QED) is 0.849. The predicted molar refractivity (Wildman–Crippen MR) is 76.4 cm³/mol. The van der Waals surface area contributed by atoms with Gasteiger partial charge in [0, 0.05) is 0 Å². The second-order valence-corrected chi connectivity index (χ2v) is 6.17. The molecule has 3 atom stereocenters. The monoisotopic (exact) mass is 246 g/mol. The number of aliphatic hydroxyl groups is 1. The van der Waals surface area contributed by atoms with Crippen LogP contribution in [0.2, 0.25) is 0 Å². The van der Waals surface area contributed by atoms with Crippen LogP contribution in [0.25, 0.3) is 0 Å². The lowest BCUT2D eigenvalue weighted by Crippen LogP contribution is -2.31. The van der Waals surface area contributed by atoms with Crippen molar-refractivity contribution in [2.24, 2.45) is 17.8 Å². The van der Waals surface area contributed by atoms with Gasteiger partial charge < -0.3 is 5.11 Å². The van der Waals surface area contributed by atoms with Gasteiger partial charge >= 0.3 is 0 Å². The Morgan fingerprint density at radius 2 is 1.89 bits per heavy atom. The summed E-state index contributed by atoms with van der Waals surface area (Å²) in [6, 6.07) is 10.6. The summed E-state index contributed by atoms with van der Waals surface area (Å²) >= 11 is 0. The van der Waals surface area contributed by atoms with Crippen LogP contribution in [-0.4, -0.2) is 11.2 Å². The Hall–Kier alpha value is -0.820. The summed E-state index contributed by atoms with van der Waals surface area (Å²) in [6.07, 6.45) is 5.60. The zero-order valence-corrected chi connectivity index (χ0v) is 11.7. The molecular weight excluding hydrogens is 220 g/mol. The van der Waals surface area contributed by atoms with Gasteiger partial charge in [0.05, 0.1) is 6.10 Å². The van der Waals surface area contributed by atoms with Crippen LogP contribution in [0.15, 0.2) is 30.3 Å². The molecule has 0 saturated heterocycles. The topological polar surface area (TPSA) is 20.2 Å². The molecule has 1 aromatic rings. The van der Waals surface area contributed by atoms with Crippen molar-refractivity contribution >= 4 is 0 Å². The normalized spacial score (nSPS) is 28.6. The maximum atomic E-state index is 10.1. The second-order valence-electron chi connectivity index (χ2n) is 6.17. The zero-order valence-electron chi connectivity index (χ0n) is 11.7. The molecule has 3 unspecified atom stereocenters. The van der Waals surface area contributed by atoms with Gasteiger partial charge in [-0.25, -0.2) is 0 Å². The third-order valence-corrected chi connectivity index (χ3v) is 4.57. The van der Waals surface area contributed by atoms with Crippen LogP contribution < -0.4 is 0 Å². The summed E-state index contributed by atoms with van der Waals surface area (Å²) in [7, 11) is 0. The van der Waals surface area contributed by atoms with Crippen LogP contribution >= 0.6 is 0 Å². The van der Waals surface area contributed by atoms with Crippen molar-refractivity contribution in [2.75, 3.05) is 0 Å². The molecule has 1 N–H and O–H groups in total. The van der Waals surface area contributed by atoms with Crippen LogP contribution in [0.3, 0.4) is 0 Å². The fourth-order valence-electron chi connectivity index (χ4n) is 3.20. The van der Waals surface area contributed by atoms with Crippen LogP contribution in [0.4, 0.5) is 0 Å². The number of benzene rings is 1. The Kier molecular flexibility index (Phi) is 4.82. The summed E-state index contributed by atoms with van der Waals surface area (Å²) in [5.74, 6) is 2.08. The van der Waals surface area contributed by atoms with E-state index >= 15 is 0 Å². The lowest BCUT2D eigenvalue weighted by Gasteiger charge is -2.35. The van der Waals surface area contributed by atoms with E-state index in [0.29, 0.717) is 5.92 Å². The number of rotatable bonds is 4. The standard InChI is InChI=1S/C17H26O/c1-13(2)15-10-11-17(18)16(12-15)9-8-14-6-4-3-5-7-14/h3-7,13,15-18H,8-12H2,1-2H3. The average Bonchev–Trinajstić information content (AvgIpc) is 2.38. The largest absolute Gasteiger partial charge is 0.393 e. The Morgan fingerprint density at radius 3 is 2.56 bits per heavy atom. The fourth-order valence-corrected chi connectivity index (χ4v) is 3.20. The minimum absolute atomic E-state index is 0.0660. The molecule has 1 fully saturated rings. The number of hydrogen-bond donors (Lipinski definition) is 1. The van der Waals surface area contributed by atoms with Crippen molar-refractivity contribution in [3.8, 4) is 0 Å². The molecule has 1 aliphatic carbocycles. The number of aryl methyl sites for hydroxylation is 1. The molecule has 1 aliphatic rings. The molecule has 1 saturated carbocycles.